The zero-order valence-electron chi connectivity index (χ0n) is 18.1. The van der Waals surface area contributed by atoms with Gasteiger partial charge in [-0.15, -0.1) is 0 Å². The third kappa shape index (κ3) is 3.74. The van der Waals surface area contributed by atoms with E-state index in [2.05, 4.69) is 0 Å². The summed E-state index contributed by atoms with van der Waals surface area (Å²) in [4.78, 5) is 27.6. The van der Waals surface area contributed by atoms with Crippen LogP contribution in [0.1, 0.15) is 70.5 Å². The number of carbonyl (C=O) groups is 2. The number of hydrogen-bond acceptors (Lipinski definition) is 4. The van der Waals surface area contributed by atoms with Crippen molar-refractivity contribution >= 4 is 11.7 Å². The maximum atomic E-state index is 13.0. The number of aliphatic hydroxyl groups is 1. The quantitative estimate of drug-likeness (QED) is 0.811. The van der Waals surface area contributed by atoms with Crippen LogP contribution in [0.3, 0.4) is 0 Å². The monoisotopic (exact) mass is 407 g/mol. The van der Waals surface area contributed by atoms with Gasteiger partial charge >= 0.3 is 0 Å². The minimum absolute atomic E-state index is 0.0200. The van der Waals surface area contributed by atoms with Crippen LogP contribution >= 0.6 is 0 Å². The van der Waals surface area contributed by atoms with Gasteiger partial charge in [0, 0.05) is 31.5 Å². The first-order valence-corrected chi connectivity index (χ1v) is 10.5. The lowest BCUT2D eigenvalue weighted by atomic mass is 9.82. The molecule has 2 aliphatic rings. The van der Waals surface area contributed by atoms with E-state index in [1.807, 2.05) is 49.1 Å². The second-order valence-corrected chi connectivity index (χ2v) is 9.27. The zero-order valence-corrected chi connectivity index (χ0v) is 18.1. The second-order valence-electron chi connectivity index (χ2n) is 9.27. The van der Waals surface area contributed by atoms with E-state index in [0.717, 1.165) is 16.7 Å². The Labute approximate surface area is 177 Å². The van der Waals surface area contributed by atoms with Crippen molar-refractivity contribution in [1.82, 2.24) is 4.90 Å². The van der Waals surface area contributed by atoms with Gasteiger partial charge in [0.25, 0.3) is 5.91 Å². The predicted molar refractivity (Wildman–Crippen MR) is 115 cm³/mol. The van der Waals surface area contributed by atoms with E-state index in [1.165, 1.54) is 0 Å². The van der Waals surface area contributed by atoms with Gasteiger partial charge in [-0.1, -0.05) is 17.7 Å². The van der Waals surface area contributed by atoms with Crippen molar-refractivity contribution in [3.63, 3.8) is 0 Å². The Bertz CT molecular complexity index is 1010. The number of aryl methyl sites for hydroxylation is 2. The molecule has 0 aliphatic carbocycles. The molecule has 1 fully saturated rings. The number of ketones is 1. The summed E-state index contributed by atoms with van der Waals surface area (Å²) in [5.74, 6) is 0.764. The van der Waals surface area contributed by atoms with E-state index in [4.69, 9.17) is 4.74 Å². The third-order valence-electron chi connectivity index (χ3n) is 6.34. The molecule has 0 bridgehead atoms. The number of piperidine rings is 1. The third-order valence-corrected chi connectivity index (χ3v) is 6.34. The molecule has 4 rings (SSSR count). The van der Waals surface area contributed by atoms with Gasteiger partial charge in [0.1, 0.15) is 11.4 Å². The molecule has 1 spiro atoms. The van der Waals surface area contributed by atoms with Crippen molar-refractivity contribution in [2.45, 2.75) is 58.2 Å². The van der Waals surface area contributed by atoms with E-state index in [9.17, 15) is 14.7 Å². The van der Waals surface area contributed by atoms with E-state index in [-0.39, 0.29) is 11.7 Å². The molecule has 0 atom stereocenters. The fraction of sp³-hybridized carbons (Fsp3) is 0.440. The number of hydrogen-bond donors (Lipinski definition) is 1. The van der Waals surface area contributed by atoms with Crippen molar-refractivity contribution in [1.29, 1.82) is 0 Å². The van der Waals surface area contributed by atoms with Crippen LogP contribution in [-0.2, 0) is 5.60 Å². The van der Waals surface area contributed by atoms with Gasteiger partial charge in [-0.25, -0.2) is 0 Å². The largest absolute Gasteiger partial charge is 0.486 e. The summed E-state index contributed by atoms with van der Waals surface area (Å²) in [7, 11) is 0. The first kappa shape index (κ1) is 20.6. The molecule has 0 aromatic heterocycles. The lowest BCUT2D eigenvalue weighted by Gasteiger charge is -2.44. The van der Waals surface area contributed by atoms with Gasteiger partial charge in [-0.3, -0.25) is 9.59 Å². The van der Waals surface area contributed by atoms with Gasteiger partial charge in [0.05, 0.1) is 17.6 Å². The van der Waals surface area contributed by atoms with Gasteiger partial charge in [0.15, 0.2) is 5.78 Å². The van der Waals surface area contributed by atoms with E-state index in [0.29, 0.717) is 49.2 Å². The van der Waals surface area contributed by atoms with Crippen LogP contribution in [0.2, 0.25) is 0 Å². The summed E-state index contributed by atoms with van der Waals surface area (Å²) in [5.41, 5.74) is 2.60. The molecule has 0 saturated carbocycles. The highest BCUT2D eigenvalue weighted by Gasteiger charge is 2.43. The van der Waals surface area contributed by atoms with Crippen molar-refractivity contribution in [3.8, 4) is 5.75 Å². The summed E-state index contributed by atoms with van der Waals surface area (Å²) < 4.78 is 6.31. The van der Waals surface area contributed by atoms with E-state index >= 15 is 0 Å². The molecule has 0 radical (unpaired) electrons. The Hall–Kier alpha value is -2.66. The number of fused-ring (bicyclic) bond motifs is 1. The zero-order chi connectivity index (χ0) is 21.7. The summed E-state index contributed by atoms with van der Waals surface area (Å²) in [6.45, 7) is 8.48. The highest BCUT2D eigenvalue weighted by atomic mass is 16.5. The number of carbonyl (C=O) groups excluding carboxylic acids is 2. The maximum absolute atomic E-state index is 13.0. The summed E-state index contributed by atoms with van der Waals surface area (Å²) >= 11 is 0. The Morgan fingerprint density at radius 3 is 2.43 bits per heavy atom. The van der Waals surface area contributed by atoms with Crippen LogP contribution in [0.4, 0.5) is 0 Å². The Morgan fingerprint density at radius 1 is 1.10 bits per heavy atom. The Balaban J connectivity index is 1.47. The minimum Gasteiger partial charge on any atom is -0.486 e. The topological polar surface area (TPSA) is 66.8 Å². The molecule has 1 N–H and O–H groups in total. The molecule has 1 amide bonds. The molecular weight excluding hydrogens is 378 g/mol. The van der Waals surface area contributed by atoms with Crippen molar-refractivity contribution in [2.75, 3.05) is 13.1 Å². The first-order valence-electron chi connectivity index (χ1n) is 10.5. The highest BCUT2D eigenvalue weighted by Crippen LogP contribution is 2.40. The Kier molecular flexibility index (Phi) is 4.97. The lowest BCUT2D eigenvalue weighted by Crippen LogP contribution is -2.52. The summed E-state index contributed by atoms with van der Waals surface area (Å²) in [6, 6.07) is 11.2. The molecule has 5 nitrogen and oxygen atoms in total. The van der Waals surface area contributed by atoms with Crippen LogP contribution < -0.4 is 4.74 Å². The number of ether oxygens (including phenoxy) is 1. The standard InChI is InChI=1S/C25H29NO4/c1-16-5-8-22-19(13-16)21(27)15-25(30-22)9-11-26(12-10-25)23(28)18-6-7-20(17(2)14-18)24(3,4)29/h5-8,13-14,29H,9-12,15H2,1-4H3. The van der Waals surface area contributed by atoms with Gasteiger partial charge in [-0.05, 0) is 63.1 Å². The molecule has 0 unspecified atom stereocenters. The van der Waals surface area contributed by atoms with Crippen molar-refractivity contribution < 1.29 is 19.4 Å². The molecule has 2 aliphatic heterocycles. The molecule has 2 aromatic rings. The maximum Gasteiger partial charge on any atom is 0.253 e. The van der Waals surface area contributed by atoms with Crippen LogP contribution in [0.25, 0.3) is 0 Å². The molecule has 30 heavy (non-hydrogen) atoms. The highest BCUT2D eigenvalue weighted by molar-refractivity contribution is 6.00. The molecule has 158 valence electrons. The van der Waals surface area contributed by atoms with Crippen LogP contribution in [-0.4, -0.2) is 40.4 Å². The molecule has 2 aromatic carbocycles. The molecule has 1 saturated heterocycles. The summed E-state index contributed by atoms with van der Waals surface area (Å²) in [5, 5.41) is 10.3. The fourth-order valence-electron chi connectivity index (χ4n) is 4.67. The number of nitrogens with zero attached hydrogens (tertiary/aromatic N) is 1. The predicted octanol–water partition coefficient (Wildman–Crippen LogP) is 4.17. The number of rotatable bonds is 2. The smallest absolute Gasteiger partial charge is 0.253 e. The van der Waals surface area contributed by atoms with Gasteiger partial charge in [-0.2, -0.15) is 0 Å². The number of likely N-dealkylation sites (tertiary alicyclic amines) is 1. The van der Waals surface area contributed by atoms with Crippen LogP contribution in [0, 0.1) is 13.8 Å². The second kappa shape index (κ2) is 7.24. The Morgan fingerprint density at radius 2 is 1.80 bits per heavy atom. The number of benzene rings is 2. The number of amides is 1. The van der Waals surface area contributed by atoms with Gasteiger partial charge < -0.3 is 14.7 Å². The summed E-state index contributed by atoms with van der Waals surface area (Å²) in [6.07, 6.45) is 1.64. The van der Waals surface area contributed by atoms with Crippen LogP contribution in [0.15, 0.2) is 36.4 Å². The van der Waals surface area contributed by atoms with Crippen molar-refractivity contribution in [3.05, 3.63) is 64.2 Å². The van der Waals surface area contributed by atoms with E-state index < -0.39 is 11.2 Å². The molecule has 5 heteroatoms. The minimum atomic E-state index is -0.942. The van der Waals surface area contributed by atoms with E-state index in [1.54, 1.807) is 19.9 Å². The lowest BCUT2D eigenvalue weighted by molar-refractivity contribution is -0.00575. The molecule has 2 heterocycles. The van der Waals surface area contributed by atoms with Gasteiger partial charge in [0.2, 0.25) is 0 Å². The molecular formula is C25H29NO4. The average Bonchev–Trinajstić information content (AvgIpc) is 2.68. The van der Waals surface area contributed by atoms with Crippen molar-refractivity contribution in [2.24, 2.45) is 0 Å². The average molecular weight is 408 g/mol. The fourth-order valence-corrected chi connectivity index (χ4v) is 4.67. The normalized spacial score (nSPS) is 18.2. The number of Topliss-reactive ketones (excluding diaryl/α,β-unsaturated/α-hetero) is 1. The SMILES string of the molecule is Cc1ccc2c(c1)C(=O)CC1(CCN(C(=O)c3ccc(C(C)(C)O)c(C)c3)CC1)O2. The first-order chi connectivity index (χ1) is 14.1. The van der Waals surface area contributed by atoms with Crippen LogP contribution in [0.5, 0.6) is 5.75 Å².